The highest BCUT2D eigenvalue weighted by atomic mass is 19.4. The van der Waals surface area contributed by atoms with Crippen molar-refractivity contribution in [2.45, 2.75) is 12.3 Å². The van der Waals surface area contributed by atoms with Gasteiger partial charge in [0.15, 0.2) is 0 Å². The second-order valence-corrected chi connectivity index (χ2v) is 5.81. The summed E-state index contributed by atoms with van der Waals surface area (Å²) in [5, 5.41) is 0. The molecule has 1 unspecified atom stereocenters. The van der Waals surface area contributed by atoms with Crippen molar-refractivity contribution >= 4 is 12.0 Å². The predicted octanol–water partition coefficient (Wildman–Crippen LogP) is 2.14. The molecule has 0 aromatic carbocycles. The van der Waals surface area contributed by atoms with Crippen molar-refractivity contribution in [1.29, 1.82) is 0 Å². The molecule has 1 atom stereocenters. The van der Waals surface area contributed by atoms with E-state index in [2.05, 4.69) is 15.0 Å². The van der Waals surface area contributed by atoms with Crippen LogP contribution in [0.25, 0.3) is 6.08 Å². The molecule has 0 saturated carbocycles. The van der Waals surface area contributed by atoms with E-state index in [4.69, 9.17) is 9.47 Å². The number of rotatable bonds is 5. The Morgan fingerprint density at radius 1 is 1.41 bits per heavy atom. The number of hydrogen-bond donors (Lipinski definition) is 1. The van der Waals surface area contributed by atoms with E-state index in [9.17, 15) is 18.0 Å². The van der Waals surface area contributed by atoms with Crippen LogP contribution in [-0.4, -0.2) is 58.2 Å². The number of ether oxygens (including phenoxy) is 2. The summed E-state index contributed by atoms with van der Waals surface area (Å²) in [5.41, 5.74) is -0.130. The van der Waals surface area contributed by atoms with Crippen LogP contribution in [0.4, 0.5) is 13.2 Å². The Hall–Kier alpha value is -2.88. The Morgan fingerprint density at radius 3 is 2.93 bits per heavy atom. The number of aromatic amines is 1. The average Bonchev–Trinajstić information content (AvgIpc) is 3.18. The van der Waals surface area contributed by atoms with Gasteiger partial charge in [0.1, 0.15) is 12.7 Å². The van der Waals surface area contributed by atoms with Gasteiger partial charge in [-0.25, -0.2) is 9.97 Å². The number of amides is 1. The molecule has 144 valence electrons. The minimum Gasteiger partial charge on any atom is -0.475 e. The summed E-state index contributed by atoms with van der Waals surface area (Å²) in [4.78, 5) is 24.2. The highest BCUT2D eigenvalue weighted by Gasteiger charge is 2.31. The van der Waals surface area contributed by atoms with Gasteiger partial charge in [0, 0.05) is 24.9 Å². The van der Waals surface area contributed by atoms with Gasteiger partial charge in [-0.05, 0) is 12.1 Å². The molecule has 0 aliphatic carbocycles. The highest BCUT2D eigenvalue weighted by Crippen LogP contribution is 2.29. The van der Waals surface area contributed by atoms with Crippen molar-refractivity contribution in [3.8, 4) is 5.88 Å². The van der Waals surface area contributed by atoms with Crippen LogP contribution in [0.3, 0.4) is 0 Å². The number of pyridine rings is 1. The van der Waals surface area contributed by atoms with Crippen LogP contribution in [0.2, 0.25) is 0 Å². The molecular formula is C17H17F3N4O3. The lowest BCUT2D eigenvalue weighted by atomic mass is 10.2. The van der Waals surface area contributed by atoms with Crippen molar-refractivity contribution in [1.82, 2.24) is 19.9 Å². The molecule has 0 spiro atoms. The topological polar surface area (TPSA) is 80.3 Å². The van der Waals surface area contributed by atoms with Crippen molar-refractivity contribution in [3.63, 3.8) is 0 Å². The Morgan fingerprint density at radius 2 is 2.26 bits per heavy atom. The van der Waals surface area contributed by atoms with Crippen LogP contribution >= 0.6 is 0 Å². The second-order valence-electron chi connectivity index (χ2n) is 5.81. The number of halogens is 3. The van der Waals surface area contributed by atoms with E-state index in [1.807, 2.05) is 0 Å². The fourth-order valence-electron chi connectivity index (χ4n) is 2.46. The number of carbonyl (C=O) groups excluding carboxylic acids is 1. The Balaban J connectivity index is 1.50. The quantitative estimate of drug-likeness (QED) is 0.802. The molecular weight excluding hydrogens is 365 g/mol. The standard InChI is InChI=1S/C17H17F3N4O3/c18-17(19,20)12-1-3-15(22-7-12)27-10-14-9-24(5-6-26-14)16(25)4-2-13-8-21-11-23-13/h1-4,7-8,11,14H,5-6,9-10H2,(H,21,23). The molecule has 1 aliphatic heterocycles. The molecule has 0 bridgehead atoms. The van der Waals surface area contributed by atoms with Gasteiger partial charge in [-0.3, -0.25) is 4.79 Å². The maximum Gasteiger partial charge on any atom is 0.417 e. The molecule has 1 fully saturated rings. The summed E-state index contributed by atoms with van der Waals surface area (Å²) in [6, 6.07) is 2.06. The van der Waals surface area contributed by atoms with Gasteiger partial charge in [0.05, 0.1) is 36.9 Å². The van der Waals surface area contributed by atoms with Gasteiger partial charge in [0.25, 0.3) is 0 Å². The molecule has 10 heteroatoms. The zero-order chi connectivity index (χ0) is 19.3. The van der Waals surface area contributed by atoms with Crippen molar-refractivity contribution in [2.75, 3.05) is 26.3 Å². The predicted molar refractivity (Wildman–Crippen MR) is 88.7 cm³/mol. The maximum absolute atomic E-state index is 12.5. The minimum absolute atomic E-state index is 0.0641. The molecule has 1 amide bonds. The second kappa shape index (κ2) is 8.21. The average molecular weight is 382 g/mol. The third-order valence-corrected chi connectivity index (χ3v) is 3.86. The summed E-state index contributed by atoms with van der Waals surface area (Å²) >= 11 is 0. The first-order chi connectivity index (χ1) is 12.9. The van der Waals surface area contributed by atoms with E-state index < -0.39 is 17.8 Å². The number of aromatic nitrogens is 3. The molecule has 2 aromatic heterocycles. The van der Waals surface area contributed by atoms with Crippen LogP contribution in [0.15, 0.2) is 36.9 Å². The van der Waals surface area contributed by atoms with Crippen molar-refractivity contribution in [2.24, 2.45) is 0 Å². The number of hydrogen-bond acceptors (Lipinski definition) is 5. The first-order valence-electron chi connectivity index (χ1n) is 8.15. The SMILES string of the molecule is O=C(C=Cc1cnc[nH]1)N1CCOC(COc2ccc(C(F)(F)F)cn2)C1. The van der Waals surface area contributed by atoms with Crippen LogP contribution < -0.4 is 4.74 Å². The van der Waals surface area contributed by atoms with Crippen LogP contribution in [0, 0.1) is 0 Å². The Kier molecular flexibility index (Phi) is 5.75. The largest absolute Gasteiger partial charge is 0.475 e. The zero-order valence-corrected chi connectivity index (χ0v) is 14.1. The molecule has 0 radical (unpaired) electrons. The molecule has 27 heavy (non-hydrogen) atoms. The molecule has 2 aromatic rings. The molecule has 3 rings (SSSR count). The summed E-state index contributed by atoms with van der Waals surface area (Å²) in [6.07, 6.45) is 2.05. The number of carbonyl (C=O) groups is 1. The monoisotopic (exact) mass is 382 g/mol. The first kappa shape index (κ1) is 18.9. The van der Waals surface area contributed by atoms with Crippen molar-refractivity contribution in [3.05, 3.63) is 48.2 Å². The van der Waals surface area contributed by atoms with Gasteiger partial charge < -0.3 is 19.4 Å². The van der Waals surface area contributed by atoms with E-state index in [0.717, 1.165) is 12.1 Å². The smallest absolute Gasteiger partial charge is 0.417 e. The summed E-state index contributed by atoms with van der Waals surface area (Å²) < 4.78 is 48.5. The number of alkyl halides is 3. The first-order valence-corrected chi connectivity index (χ1v) is 8.15. The lowest BCUT2D eigenvalue weighted by Crippen LogP contribution is -2.47. The van der Waals surface area contributed by atoms with Crippen LogP contribution in [-0.2, 0) is 15.7 Å². The number of morpholine rings is 1. The van der Waals surface area contributed by atoms with E-state index in [0.29, 0.717) is 31.6 Å². The normalized spacial score (nSPS) is 18.0. The fraction of sp³-hybridized carbons (Fsp3) is 0.353. The van der Waals surface area contributed by atoms with Gasteiger partial charge in [-0.1, -0.05) is 0 Å². The van der Waals surface area contributed by atoms with Gasteiger partial charge >= 0.3 is 6.18 Å². The van der Waals surface area contributed by atoms with Gasteiger partial charge in [-0.2, -0.15) is 13.2 Å². The van der Waals surface area contributed by atoms with Crippen LogP contribution in [0.1, 0.15) is 11.3 Å². The lowest BCUT2D eigenvalue weighted by Gasteiger charge is -2.32. The minimum atomic E-state index is -4.44. The molecule has 1 saturated heterocycles. The molecule has 1 N–H and O–H groups in total. The Bertz CT molecular complexity index is 776. The summed E-state index contributed by atoms with van der Waals surface area (Å²) in [5.74, 6) is -0.111. The number of nitrogens with one attached hydrogen (secondary N) is 1. The van der Waals surface area contributed by atoms with E-state index >= 15 is 0 Å². The third-order valence-electron chi connectivity index (χ3n) is 3.86. The third kappa shape index (κ3) is 5.30. The lowest BCUT2D eigenvalue weighted by molar-refractivity contribution is -0.137. The fourth-order valence-corrected chi connectivity index (χ4v) is 2.46. The van der Waals surface area contributed by atoms with E-state index in [1.165, 1.54) is 12.4 Å². The summed E-state index contributed by atoms with van der Waals surface area (Å²) in [7, 11) is 0. The van der Waals surface area contributed by atoms with E-state index in [1.54, 1.807) is 17.2 Å². The number of imidazole rings is 1. The number of H-pyrrole nitrogens is 1. The Labute approximate surface area is 152 Å². The molecule has 1 aliphatic rings. The van der Waals surface area contributed by atoms with Crippen LogP contribution in [0.5, 0.6) is 5.88 Å². The van der Waals surface area contributed by atoms with Gasteiger partial charge in [0.2, 0.25) is 11.8 Å². The number of nitrogens with zero attached hydrogens (tertiary/aromatic N) is 3. The molecule has 3 heterocycles. The maximum atomic E-state index is 12.5. The summed E-state index contributed by atoms with van der Waals surface area (Å²) in [6.45, 7) is 1.18. The van der Waals surface area contributed by atoms with Crippen molar-refractivity contribution < 1.29 is 27.4 Å². The van der Waals surface area contributed by atoms with Gasteiger partial charge in [-0.15, -0.1) is 0 Å². The van der Waals surface area contributed by atoms with E-state index in [-0.39, 0.29) is 18.4 Å². The highest BCUT2D eigenvalue weighted by molar-refractivity contribution is 5.91. The molecule has 7 nitrogen and oxygen atoms in total. The zero-order valence-electron chi connectivity index (χ0n) is 14.1.